The fraction of sp³-hybridized carbons (Fsp3) is 0.400. The van der Waals surface area contributed by atoms with Crippen LogP contribution in [0.25, 0.3) is 0 Å². The van der Waals surface area contributed by atoms with E-state index in [-0.39, 0.29) is 5.91 Å². The minimum atomic E-state index is -0.150. The molecule has 0 rings (SSSR count). The first-order valence-electron chi connectivity index (χ1n) is 2.36. The van der Waals surface area contributed by atoms with Gasteiger partial charge in [-0.15, -0.1) is 0 Å². The fourth-order valence-corrected chi connectivity index (χ4v) is 0.405. The van der Waals surface area contributed by atoms with Crippen LogP contribution in [0.3, 0.4) is 0 Å². The lowest BCUT2D eigenvalue weighted by molar-refractivity contribution is -0.116. The van der Waals surface area contributed by atoms with Crippen molar-refractivity contribution in [2.24, 2.45) is 0 Å². The van der Waals surface area contributed by atoms with Gasteiger partial charge in [-0.1, -0.05) is 11.6 Å². The molecular weight excluding hydrogens is 126 g/mol. The Morgan fingerprint density at radius 3 is 2.88 bits per heavy atom. The van der Waals surface area contributed by atoms with Gasteiger partial charge in [0.1, 0.15) is 0 Å². The number of halogens is 1. The Balaban J connectivity index is 3.33. The summed E-state index contributed by atoms with van der Waals surface area (Å²) in [5, 5.41) is 2.54. The fourth-order valence-electron chi connectivity index (χ4n) is 0.290. The minimum Gasteiger partial charge on any atom is -0.353 e. The topological polar surface area (TPSA) is 29.1 Å². The third-order valence-electron chi connectivity index (χ3n) is 0.565. The second-order valence-electron chi connectivity index (χ2n) is 1.19. The minimum absolute atomic E-state index is 0.150. The van der Waals surface area contributed by atoms with Gasteiger partial charge < -0.3 is 5.32 Å². The van der Waals surface area contributed by atoms with Crippen LogP contribution in [0.15, 0.2) is 11.6 Å². The van der Waals surface area contributed by atoms with Crippen molar-refractivity contribution in [3.8, 4) is 0 Å². The zero-order chi connectivity index (χ0) is 6.41. The van der Waals surface area contributed by atoms with Crippen molar-refractivity contribution in [3.63, 3.8) is 0 Å². The van der Waals surface area contributed by atoms with Crippen LogP contribution >= 0.6 is 11.6 Å². The SMILES string of the molecule is CCNC(=O)/C=C\Cl. The molecule has 0 saturated carbocycles. The highest BCUT2D eigenvalue weighted by molar-refractivity contribution is 6.26. The van der Waals surface area contributed by atoms with Gasteiger partial charge in [0.05, 0.1) is 0 Å². The van der Waals surface area contributed by atoms with E-state index < -0.39 is 0 Å². The molecule has 3 heteroatoms. The zero-order valence-electron chi connectivity index (χ0n) is 4.65. The molecule has 2 nitrogen and oxygen atoms in total. The zero-order valence-corrected chi connectivity index (χ0v) is 5.40. The summed E-state index contributed by atoms with van der Waals surface area (Å²) in [4.78, 5) is 10.4. The first-order valence-corrected chi connectivity index (χ1v) is 2.79. The molecule has 0 radical (unpaired) electrons. The molecule has 0 bridgehead atoms. The maximum absolute atomic E-state index is 10.4. The summed E-state index contributed by atoms with van der Waals surface area (Å²) in [6.45, 7) is 2.49. The maximum Gasteiger partial charge on any atom is 0.244 e. The Kier molecular flexibility index (Phi) is 4.36. The second-order valence-corrected chi connectivity index (χ2v) is 1.44. The third-order valence-corrected chi connectivity index (χ3v) is 0.691. The van der Waals surface area contributed by atoms with Crippen molar-refractivity contribution < 1.29 is 4.79 Å². The number of nitrogens with one attached hydrogen (secondary N) is 1. The van der Waals surface area contributed by atoms with E-state index in [9.17, 15) is 4.79 Å². The van der Waals surface area contributed by atoms with Crippen LogP contribution in [0.2, 0.25) is 0 Å². The van der Waals surface area contributed by atoms with Crippen LogP contribution in [0.5, 0.6) is 0 Å². The van der Waals surface area contributed by atoms with Crippen molar-refractivity contribution in [1.82, 2.24) is 5.32 Å². The molecule has 46 valence electrons. The van der Waals surface area contributed by atoms with E-state index in [0.717, 1.165) is 0 Å². The van der Waals surface area contributed by atoms with Crippen LogP contribution < -0.4 is 5.32 Å². The molecule has 0 saturated heterocycles. The Hall–Kier alpha value is -0.500. The molecule has 1 amide bonds. The van der Waals surface area contributed by atoms with Gasteiger partial charge in [-0.3, -0.25) is 4.79 Å². The highest BCUT2D eigenvalue weighted by Gasteiger charge is 1.86. The highest BCUT2D eigenvalue weighted by atomic mass is 35.5. The average Bonchev–Trinajstić information content (AvgIpc) is 1.68. The van der Waals surface area contributed by atoms with E-state index in [1.54, 1.807) is 0 Å². The molecule has 0 aliphatic rings. The van der Waals surface area contributed by atoms with Gasteiger partial charge in [-0.05, 0) is 6.92 Å². The Bertz CT molecular complexity index is 101. The Labute approximate surface area is 53.5 Å². The van der Waals surface area contributed by atoms with Gasteiger partial charge in [0.2, 0.25) is 5.91 Å². The summed E-state index contributed by atoms with van der Waals surface area (Å²) in [5.41, 5.74) is 1.19. The monoisotopic (exact) mass is 133 g/mol. The number of rotatable bonds is 2. The number of hydrogen-bond donors (Lipinski definition) is 1. The molecule has 0 fully saturated rings. The molecule has 0 aromatic rings. The van der Waals surface area contributed by atoms with E-state index >= 15 is 0 Å². The standard InChI is InChI=1S/C5H8ClNO/c1-2-7-5(8)3-4-6/h3-4H,2H2,1H3,(H,7,8)/b4-3-. The molecule has 0 unspecified atom stereocenters. The van der Waals surface area contributed by atoms with Crippen molar-refractivity contribution in [2.45, 2.75) is 6.92 Å². The summed E-state index contributed by atoms with van der Waals surface area (Å²) in [6, 6.07) is 0. The molecule has 0 spiro atoms. The predicted molar refractivity (Wildman–Crippen MR) is 33.7 cm³/mol. The molecule has 8 heavy (non-hydrogen) atoms. The van der Waals surface area contributed by atoms with Crippen LogP contribution in [-0.4, -0.2) is 12.5 Å². The van der Waals surface area contributed by atoms with Gasteiger partial charge in [0.25, 0.3) is 0 Å². The Morgan fingerprint density at radius 1 is 1.88 bits per heavy atom. The molecule has 0 aromatic carbocycles. The molecule has 1 N–H and O–H groups in total. The first-order chi connectivity index (χ1) is 3.81. The molecule has 0 aliphatic carbocycles. The van der Waals surface area contributed by atoms with Gasteiger partial charge >= 0.3 is 0 Å². The molecule has 0 atom stereocenters. The van der Waals surface area contributed by atoms with Gasteiger partial charge in [-0.2, -0.15) is 0 Å². The lowest BCUT2D eigenvalue weighted by Crippen LogP contribution is -2.19. The van der Waals surface area contributed by atoms with Crippen molar-refractivity contribution in [1.29, 1.82) is 0 Å². The van der Waals surface area contributed by atoms with E-state index in [2.05, 4.69) is 5.32 Å². The van der Waals surface area contributed by atoms with Crippen LogP contribution in [0.1, 0.15) is 6.92 Å². The maximum atomic E-state index is 10.4. The predicted octanol–water partition coefficient (Wildman–Crippen LogP) is 0.875. The summed E-state index contributed by atoms with van der Waals surface area (Å²) >= 11 is 5.09. The second kappa shape index (κ2) is 4.65. The van der Waals surface area contributed by atoms with Crippen LogP contribution in [0, 0.1) is 0 Å². The van der Waals surface area contributed by atoms with Gasteiger partial charge in [0.15, 0.2) is 0 Å². The normalized spacial score (nSPS) is 9.75. The number of carbonyl (C=O) groups is 1. The lowest BCUT2D eigenvalue weighted by atomic mass is 10.6. The van der Waals surface area contributed by atoms with Crippen LogP contribution in [0.4, 0.5) is 0 Å². The molecule has 0 aromatic heterocycles. The molecule has 0 aliphatic heterocycles. The molecular formula is C5H8ClNO. The summed E-state index contributed by atoms with van der Waals surface area (Å²) in [7, 11) is 0. The first kappa shape index (κ1) is 7.50. The number of likely N-dealkylation sites (N-methyl/N-ethyl adjacent to an activating group) is 1. The number of carbonyl (C=O) groups excluding carboxylic acids is 1. The third kappa shape index (κ3) is 3.68. The molecule has 0 heterocycles. The van der Waals surface area contributed by atoms with Crippen LogP contribution in [-0.2, 0) is 4.79 Å². The van der Waals surface area contributed by atoms with E-state index in [0.29, 0.717) is 6.54 Å². The summed E-state index contributed by atoms with van der Waals surface area (Å²) in [6.07, 6.45) is 1.27. The van der Waals surface area contributed by atoms with E-state index in [1.165, 1.54) is 11.6 Å². The average molecular weight is 134 g/mol. The van der Waals surface area contributed by atoms with Gasteiger partial charge in [-0.25, -0.2) is 0 Å². The van der Waals surface area contributed by atoms with E-state index in [1.807, 2.05) is 6.92 Å². The van der Waals surface area contributed by atoms with Gasteiger partial charge in [0, 0.05) is 18.2 Å². The number of amides is 1. The lowest BCUT2D eigenvalue weighted by Gasteiger charge is -1.91. The van der Waals surface area contributed by atoms with Crippen molar-refractivity contribution >= 4 is 17.5 Å². The van der Waals surface area contributed by atoms with Crippen molar-refractivity contribution in [3.05, 3.63) is 11.6 Å². The quantitative estimate of drug-likeness (QED) is 0.557. The smallest absolute Gasteiger partial charge is 0.244 e. The highest BCUT2D eigenvalue weighted by Crippen LogP contribution is 1.76. The summed E-state index contributed by atoms with van der Waals surface area (Å²) in [5.74, 6) is -0.150. The van der Waals surface area contributed by atoms with E-state index in [4.69, 9.17) is 11.6 Å². The number of hydrogen-bond acceptors (Lipinski definition) is 1. The summed E-state index contributed by atoms with van der Waals surface area (Å²) < 4.78 is 0. The largest absolute Gasteiger partial charge is 0.353 e. The Morgan fingerprint density at radius 2 is 2.50 bits per heavy atom. The van der Waals surface area contributed by atoms with Crippen molar-refractivity contribution in [2.75, 3.05) is 6.54 Å².